The molecule has 0 radical (unpaired) electrons. The molecule has 2 rings (SSSR count). The average Bonchev–Trinajstić information content (AvgIpc) is 2.56. The van der Waals surface area contributed by atoms with Crippen molar-refractivity contribution in [2.24, 2.45) is 0 Å². The van der Waals surface area contributed by atoms with Crippen molar-refractivity contribution in [3.05, 3.63) is 75.8 Å². The second-order valence-corrected chi connectivity index (χ2v) is 6.06. The number of unbranched alkanes of at least 4 members (excludes halogenated alkanes) is 1. The molecule has 2 aromatic rings. The lowest BCUT2D eigenvalue weighted by molar-refractivity contribution is -0.116. The van der Waals surface area contributed by atoms with E-state index in [0.717, 1.165) is 24.8 Å². The van der Waals surface area contributed by atoms with E-state index in [1.165, 1.54) is 11.6 Å². The van der Waals surface area contributed by atoms with Crippen molar-refractivity contribution in [3.63, 3.8) is 0 Å². The first-order valence-electron chi connectivity index (χ1n) is 7.60. The van der Waals surface area contributed by atoms with Gasteiger partial charge in [0.1, 0.15) is 0 Å². The molecule has 0 aromatic heterocycles. The smallest absolute Gasteiger partial charge is 0.243 e. The lowest BCUT2D eigenvalue weighted by Gasteiger charge is -2.03. The summed E-state index contributed by atoms with van der Waals surface area (Å²) in [5, 5.41) is 3.87. The van der Waals surface area contributed by atoms with Gasteiger partial charge in [-0.05, 0) is 48.6 Å². The van der Waals surface area contributed by atoms with Crippen LogP contribution in [0.25, 0.3) is 6.08 Å². The van der Waals surface area contributed by atoms with Crippen LogP contribution in [0.3, 0.4) is 0 Å². The summed E-state index contributed by atoms with van der Waals surface area (Å²) in [7, 11) is 0. The number of benzene rings is 2. The Balaban J connectivity index is 1.66. The van der Waals surface area contributed by atoms with Gasteiger partial charge in [0.15, 0.2) is 0 Å². The van der Waals surface area contributed by atoms with Crippen LogP contribution in [0, 0.1) is 0 Å². The zero-order chi connectivity index (χ0) is 16.5. The lowest BCUT2D eigenvalue weighted by Crippen LogP contribution is -2.22. The highest BCUT2D eigenvalue weighted by Gasteiger charge is 1.99. The van der Waals surface area contributed by atoms with E-state index in [4.69, 9.17) is 23.2 Å². The molecule has 1 N–H and O–H groups in total. The Hall–Kier alpha value is -1.77. The highest BCUT2D eigenvalue weighted by molar-refractivity contribution is 6.42. The van der Waals surface area contributed by atoms with Crippen LogP contribution in [0.2, 0.25) is 10.0 Å². The first kappa shape index (κ1) is 17.6. The molecule has 0 fully saturated rings. The Bertz CT molecular complexity index is 668. The first-order valence-corrected chi connectivity index (χ1v) is 8.35. The van der Waals surface area contributed by atoms with Gasteiger partial charge in [0.2, 0.25) is 5.91 Å². The van der Waals surface area contributed by atoms with Gasteiger partial charge in [0.05, 0.1) is 10.0 Å². The van der Waals surface area contributed by atoms with Gasteiger partial charge in [-0.2, -0.15) is 0 Å². The highest BCUT2D eigenvalue weighted by Crippen LogP contribution is 2.23. The van der Waals surface area contributed by atoms with Crippen LogP contribution in [-0.2, 0) is 11.2 Å². The molecule has 0 saturated heterocycles. The molecular formula is C19H19Cl2NO. The van der Waals surface area contributed by atoms with Crippen LogP contribution in [0.5, 0.6) is 0 Å². The number of amides is 1. The molecule has 2 nitrogen and oxygen atoms in total. The van der Waals surface area contributed by atoms with Crippen molar-refractivity contribution in [1.29, 1.82) is 0 Å². The van der Waals surface area contributed by atoms with Crippen molar-refractivity contribution in [3.8, 4) is 0 Å². The molecule has 2 aromatic carbocycles. The third kappa shape index (κ3) is 6.47. The normalized spacial score (nSPS) is 10.9. The Morgan fingerprint density at radius 1 is 1.00 bits per heavy atom. The second-order valence-electron chi connectivity index (χ2n) is 5.24. The molecule has 0 spiro atoms. The first-order chi connectivity index (χ1) is 11.1. The largest absolute Gasteiger partial charge is 0.353 e. The zero-order valence-electron chi connectivity index (χ0n) is 12.8. The summed E-state index contributed by atoms with van der Waals surface area (Å²) in [5.74, 6) is -0.101. The quantitative estimate of drug-likeness (QED) is 0.544. The summed E-state index contributed by atoms with van der Waals surface area (Å²) in [5.41, 5.74) is 2.18. The predicted octanol–water partition coefficient (Wildman–Crippen LogP) is 5.15. The van der Waals surface area contributed by atoms with Crippen LogP contribution >= 0.6 is 23.2 Å². The molecular weight excluding hydrogens is 329 g/mol. The number of rotatable bonds is 7. The van der Waals surface area contributed by atoms with Crippen molar-refractivity contribution >= 4 is 35.2 Å². The summed E-state index contributed by atoms with van der Waals surface area (Å²) in [4.78, 5) is 11.7. The van der Waals surface area contributed by atoms with E-state index in [2.05, 4.69) is 17.4 Å². The summed E-state index contributed by atoms with van der Waals surface area (Å²) >= 11 is 11.8. The number of aryl methyl sites for hydroxylation is 1. The maximum absolute atomic E-state index is 11.7. The second kappa shape index (κ2) is 9.39. The fraction of sp³-hybridized carbons (Fsp3) is 0.211. The monoisotopic (exact) mass is 347 g/mol. The highest BCUT2D eigenvalue weighted by atomic mass is 35.5. The van der Waals surface area contributed by atoms with Crippen LogP contribution < -0.4 is 5.32 Å². The molecule has 120 valence electrons. The SMILES string of the molecule is O=C(/C=C/c1ccc(Cl)c(Cl)c1)NCCCCc1ccccc1. The van der Waals surface area contributed by atoms with Crippen LogP contribution in [0.1, 0.15) is 24.0 Å². The molecule has 23 heavy (non-hydrogen) atoms. The van der Waals surface area contributed by atoms with Gasteiger partial charge in [0.25, 0.3) is 0 Å². The molecule has 0 aliphatic carbocycles. The molecule has 0 heterocycles. The molecule has 0 aliphatic rings. The van der Waals surface area contributed by atoms with Gasteiger partial charge in [-0.25, -0.2) is 0 Å². The van der Waals surface area contributed by atoms with Crippen molar-refractivity contribution in [2.45, 2.75) is 19.3 Å². The Kier molecular flexibility index (Phi) is 7.18. The summed E-state index contributed by atoms with van der Waals surface area (Å²) < 4.78 is 0. The summed E-state index contributed by atoms with van der Waals surface area (Å²) in [6.07, 6.45) is 6.29. The van der Waals surface area contributed by atoms with E-state index in [0.29, 0.717) is 16.6 Å². The topological polar surface area (TPSA) is 29.1 Å². The van der Waals surface area contributed by atoms with Crippen molar-refractivity contribution in [2.75, 3.05) is 6.54 Å². The van der Waals surface area contributed by atoms with E-state index < -0.39 is 0 Å². The maximum Gasteiger partial charge on any atom is 0.243 e. The molecule has 0 saturated carbocycles. The van der Waals surface area contributed by atoms with Gasteiger partial charge in [-0.15, -0.1) is 0 Å². The number of halogens is 2. The fourth-order valence-corrected chi connectivity index (χ4v) is 2.46. The molecule has 1 amide bonds. The van der Waals surface area contributed by atoms with Gasteiger partial charge in [0, 0.05) is 12.6 Å². The van der Waals surface area contributed by atoms with E-state index in [1.54, 1.807) is 18.2 Å². The minimum atomic E-state index is -0.101. The van der Waals surface area contributed by atoms with Gasteiger partial charge in [-0.1, -0.05) is 59.6 Å². The predicted molar refractivity (Wildman–Crippen MR) is 97.9 cm³/mol. The summed E-state index contributed by atoms with van der Waals surface area (Å²) in [6.45, 7) is 0.678. The van der Waals surface area contributed by atoms with E-state index in [1.807, 2.05) is 24.3 Å². The van der Waals surface area contributed by atoms with Crippen LogP contribution in [0.4, 0.5) is 0 Å². The molecule has 0 unspecified atom stereocenters. The molecule has 0 aliphatic heterocycles. The van der Waals surface area contributed by atoms with Crippen LogP contribution in [0.15, 0.2) is 54.6 Å². The number of nitrogens with one attached hydrogen (secondary N) is 1. The van der Waals surface area contributed by atoms with Crippen LogP contribution in [-0.4, -0.2) is 12.5 Å². The zero-order valence-corrected chi connectivity index (χ0v) is 14.3. The number of carbonyl (C=O) groups excluding carboxylic acids is 1. The number of carbonyl (C=O) groups is 1. The van der Waals surface area contributed by atoms with E-state index in [9.17, 15) is 4.79 Å². The minimum absolute atomic E-state index is 0.101. The van der Waals surface area contributed by atoms with Gasteiger partial charge in [-0.3, -0.25) is 4.79 Å². The van der Waals surface area contributed by atoms with Gasteiger partial charge >= 0.3 is 0 Å². The van der Waals surface area contributed by atoms with Crippen molar-refractivity contribution < 1.29 is 4.79 Å². The molecule has 0 atom stereocenters. The fourth-order valence-electron chi connectivity index (χ4n) is 2.16. The third-order valence-electron chi connectivity index (χ3n) is 3.41. The van der Waals surface area contributed by atoms with Crippen molar-refractivity contribution in [1.82, 2.24) is 5.32 Å². The average molecular weight is 348 g/mol. The maximum atomic E-state index is 11.7. The Morgan fingerprint density at radius 2 is 1.78 bits per heavy atom. The molecule has 0 bridgehead atoms. The minimum Gasteiger partial charge on any atom is -0.353 e. The lowest BCUT2D eigenvalue weighted by atomic mass is 10.1. The standard InChI is InChI=1S/C19H19Cl2NO/c20-17-11-9-16(14-18(17)21)10-12-19(23)22-13-5-4-8-15-6-2-1-3-7-15/h1-3,6-7,9-12,14H,4-5,8,13H2,(H,22,23)/b12-10+. The third-order valence-corrected chi connectivity index (χ3v) is 4.14. The summed E-state index contributed by atoms with van der Waals surface area (Å²) in [6, 6.07) is 15.6. The number of hydrogen-bond donors (Lipinski definition) is 1. The Labute approximate surface area is 147 Å². The number of hydrogen-bond acceptors (Lipinski definition) is 1. The molecule has 4 heteroatoms. The Morgan fingerprint density at radius 3 is 2.52 bits per heavy atom. The van der Waals surface area contributed by atoms with E-state index in [-0.39, 0.29) is 5.91 Å². The van der Waals surface area contributed by atoms with E-state index >= 15 is 0 Å². The van der Waals surface area contributed by atoms with Gasteiger partial charge < -0.3 is 5.32 Å².